The maximum Gasteiger partial charge on any atom is 0.238 e. The van der Waals surface area contributed by atoms with Crippen molar-refractivity contribution in [3.05, 3.63) is 30.1 Å². The van der Waals surface area contributed by atoms with Crippen LogP contribution in [0, 0.1) is 6.92 Å². The van der Waals surface area contributed by atoms with E-state index in [4.69, 9.17) is 5.84 Å². The summed E-state index contributed by atoms with van der Waals surface area (Å²) < 4.78 is 0. The van der Waals surface area contributed by atoms with E-state index in [9.17, 15) is 0 Å². The Hall–Kier alpha value is -2.19. The van der Waals surface area contributed by atoms with Crippen LogP contribution in [0.1, 0.15) is 5.82 Å². The molecule has 0 spiro atoms. The van der Waals surface area contributed by atoms with Crippen molar-refractivity contribution in [3.63, 3.8) is 0 Å². The van der Waals surface area contributed by atoms with Gasteiger partial charge in [-0.15, -0.1) is 5.10 Å². The predicted molar refractivity (Wildman–Crippen MR) is 72.6 cm³/mol. The second kappa shape index (κ2) is 4.82. The molecular formula is C11H11N7S. The summed E-state index contributed by atoms with van der Waals surface area (Å²) in [5.41, 5.74) is 3.29. The summed E-state index contributed by atoms with van der Waals surface area (Å²) >= 11 is 1.37. The van der Waals surface area contributed by atoms with Gasteiger partial charge in [0.1, 0.15) is 10.9 Å². The zero-order valence-corrected chi connectivity index (χ0v) is 10.9. The van der Waals surface area contributed by atoms with Gasteiger partial charge in [-0.1, -0.05) is 18.2 Å². The summed E-state index contributed by atoms with van der Waals surface area (Å²) in [5.74, 6) is 6.52. The zero-order valence-electron chi connectivity index (χ0n) is 10.1. The van der Waals surface area contributed by atoms with Gasteiger partial charge < -0.3 is 0 Å². The lowest BCUT2D eigenvalue weighted by atomic mass is 10.2. The fourth-order valence-electron chi connectivity index (χ4n) is 1.64. The third-order valence-electron chi connectivity index (χ3n) is 2.46. The number of aryl methyl sites for hydroxylation is 1. The number of aromatic nitrogens is 5. The van der Waals surface area contributed by atoms with Gasteiger partial charge in [0.25, 0.3) is 0 Å². The van der Waals surface area contributed by atoms with Crippen LogP contribution >= 0.6 is 11.8 Å². The maximum atomic E-state index is 5.39. The van der Waals surface area contributed by atoms with Gasteiger partial charge in [0.2, 0.25) is 11.1 Å². The third-order valence-corrected chi connectivity index (χ3v) is 3.33. The van der Waals surface area contributed by atoms with Crippen LogP contribution in [0.4, 0.5) is 5.95 Å². The molecule has 2 aromatic heterocycles. The molecule has 0 unspecified atom stereocenters. The van der Waals surface area contributed by atoms with Gasteiger partial charge in [-0.05, 0) is 24.8 Å². The van der Waals surface area contributed by atoms with E-state index < -0.39 is 0 Å². The number of benzene rings is 1. The number of fused-ring (bicyclic) bond motifs is 1. The summed E-state index contributed by atoms with van der Waals surface area (Å²) in [6.45, 7) is 1.85. The SMILES string of the molecule is Cc1nc(Sc2nc(NN)nc3ccccc23)n[nH]1. The molecule has 0 aliphatic rings. The van der Waals surface area contributed by atoms with Gasteiger partial charge in [0.15, 0.2) is 0 Å². The number of nitrogens with one attached hydrogen (secondary N) is 2. The summed E-state index contributed by atoms with van der Waals surface area (Å²) in [5, 5.41) is 9.20. The van der Waals surface area contributed by atoms with Crippen LogP contribution in [0.2, 0.25) is 0 Å². The number of aromatic amines is 1. The van der Waals surface area contributed by atoms with Crippen molar-refractivity contribution in [2.75, 3.05) is 5.43 Å². The normalized spacial score (nSPS) is 10.8. The molecule has 0 amide bonds. The molecule has 0 aliphatic heterocycles. The average Bonchev–Trinajstić information content (AvgIpc) is 2.84. The van der Waals surface area contributed by atoms with Crippen molar-refractivity contribution in [2.24, 2.45) is 5.84 Å². The van der Waals surface area contributed by atoms with Crippen LogP contribution in [-0.2, 0) is 0 Å². The smallest absolute Gasteiger partial charge is 0.238 e. The molecular weight excluding hydrogens is 262 g/mol. The Morgan fingerprint density at radius 1 is 1.21 bits per heavy atom. The molecule has 0 saturated heterocycles. The van der Waals surface area contributed by atoms with Crippen LogP contribution < -0.4 is 11.3 Å². The van der Waals surface area contributed by atoms with E-state index in [-0.39, 0.29) is 0 Å². The lowest BCUT2D eigenvalue weighted by Gasteiger charge is -2.05. The second-order valence-electron chi connectivity index (χ2n) is 3.82. The van der Waals surface area contributed by atoms with Gasteiger partial charge >= 0.3 is 0 Å². The lowest BCUT2D eigenvalue weighted by Crippen LogP contribution is -2.10. The molecule has 96 valence electrons. The number of para-hydroxylation sites is 1. The van der Waals surface area contributed by atoms with E-state index in [0.29, 0.717) is 11.1 Å². The zero-order chi connectivity index (χ0) is 13.2. The van der Waals surface area contributed by atoms with E-state index in [2.05, 4.69) is 30.6 Å². The Bertz CT molecular complexity index is 724. The summed E-state index contributed by atoms with van der Waals surface area (Å²) in [6, 6.07) is 7.72. The minimum Gasteiger partial charge on any atom is -0.292 e. The molecule has 19 heavy (non-hydrogen) atoms. The fraction of sp³-hybridized carbons (Fsp3) is 0.0909. The minimum absolute atomic E-state index is 0.369. The number of nitrogen functional groups attached to an aromatic ring is 1. The van der Waals surface area contributed by atoms with E-state index >= 15 is 0 Å². The number of hydrogen-bond acceptors (Lipinski definition) is 7. The highest BCUT2D eigenvalue weighted by Gasteiger charge is 2.11. The van der Waals surface area contributed by atoms with Crippen molar-refractivity contribution >= 4 is 28.6 Å². The first-order chi connectivity index (χ1) is 9.26. The standard InChI is InChI=1S/C11H11N7S/c1-6-13-11(18-17-6)19-9-7-4-2-3-5-8(7)14-10(15-9)16-12/h2-5H,12H2,1H3,(H,13,17,18)(H,14,15,16). The molecule has 0 atom stereocenters. The number of hydrazine groups is 1. The lowest BCUT2D eigenvalue weighted by molar-refractivity contribution is 0.964. The van der Waals surface area contributed by atoms with E-state index in [1.54, 1.807) is 0 Å². The van der Waals surface area contributed by atoms with Gasteiger partial charge in [-0.3, -0.25) is 10.5 Å². The topological polar surface area (TPSA) is 105 Å². The molecule has 0 aliphatic carbocycles. The van der Waals surface area contributed by atoms with Crippen LogP contribution in [0.3, 0.4) is 0 Å². The highest BCUT2D eigenvalue weighted by molar-refractivity contribution is 7.99. The molecule has 2 heterocycles. The predicted octanol–water partition coefficient (Wildman–Crippen LogP) is 1.49. The van der Waals surface area contributed by atoms with Crippen molar-refractivity contribution in [3.8, 4) is 0 Å². The van der Waals surface area contributed by atoms with Crippen molar-refractivity contribution in [1.82, 2.24) is 25.1 Å². The van der Waals surface area contributed by atoms with Crippen LogP contribution in [0.15, 0.2) is 34.4 Å². The third kappa shape index (κ3) is 2.35. The van der Waals surface area contributed by atoms with Gasteiger partial charge in [0, 0.05) is 5.39 Å². The Morgan fingerprint density at radius 2 is 2.05 bits per heavy atom. The molecule has 0 saturated carbocycles. The number of nitrogens with zero attached hydrogens (tertiary/aromatic N) is 4. The highest BCUT2D eigenvalue weighted by Crippen LogP contribution is 2.29. The highest BCUT2D eigenvalue weighted by atomic mass is 32.2. The van der Waals surface area contributed by atoms with E-state index in [1.807, 2.05) is 31.2 Å². The molecule has 0 bridgehead atoms. The maximum absolute atomic E-state index is 5.39. The van der Waals surface area contributed by atoms with Crippen molar-refractivity contribution in [2.45, 2.75) is 17.1 Å². The first-order valence-electron chi connectivity index (χ1n) is 5.56. The number of H-pyrrole nitrogens is 1. The molecule has 3 aromatic rings. The molecule has 1 aromatic carbocycles. The number of anilines is 1. The first-order valence-corrected chi connectivity index (χ1v) is 6.38. The summed E-state index contributed by atoms with van der Waals surface area (Å²) in [4.78, 5) is 12.9. The second-order valence-corrected chi connectivity index (χ2v) is 4.78. The van der Waals surface area contributed by atoms with E-state index in [0.717, 1.165) is 21.8 Å². The first kappa shape index (κ1) is 11.9. The quantitative estimate of drug-likeness (QED) is 0.377. The van der Waals surface area contributed by atoms with Crippen LogP contribution in [-0.4, -0.2) is 25.1 Å². The van der Waals surface area contributed by atoms with Gasteiger partial charge in [-0.25, -0.2) is 20.8 Å². The largest absolute Gasteiger partial charge is 0.292 e. The molecule has 0 radical (unpaired) electrons. The van der Waals surface area contributed by atoms with Crippen LogP contribution in [0.5, 0.6) is 0 Å². The van der Waals surface area contributed by atoms with Crippen LogP contribution in [0.25, 0.3) is 10.9 Å². The van der Waals surface area contributed by atoms with Gasteiger partial charge in [-0.2, -0.15) is 0 Å². The number of hydrogen-bond donors (Lipinski definition) is 3. The summed E-state index contributed by atoms with van der Waals surface area (Å²) in [6.07, 6.45) is 0. The van der Waals surface area contributed by atoms with Crippen molar-refractivity contribution < 1.29 is 0 Å². The van der Waals surface area contributed by atoms with Crippen molar-refractivity contribution in [1.29, 1.82) is 0 Å². The summed E-state index contributed by atoms with van der Waals surface area (Å²) in [7, 11) is 0. The average molecular weight is 273 g/mol. The molecule has 7 nitrogen and oxygen atoms in total. The Kier molecular flexibility index (Phi) is 3.02. The Morgan fingerprint density at radius 3 is 2.79 bits per heavy atom. The molecule has 4 N–H and O–H groups in total. The Labute approximate surface area is 113 Å². The number of rotatable bonds is 3. The van der Waals surface area contributed by atoms with Gasteiger partial charge in [0.05, 0.1) is 5.52 Å². The molecule has 3 rings (SSSR count). The fourth-order valence-corrected chi connectivity index (χ4v) is 2.51. The number of nitrogens with two attached hydrogens (primary N) is 1. The minimum atomic E-state index is 0.369. The molecule has 8 heteroatoms. The van der Waals surface area contributed by atoms with E-state index in [1.165, 1.54) is 11.8 Å². The molecule has 0 fully saturated rings. The Balaban J connectivity index is 2.10. The monoisotopic (exact) mass is 273 g/mol.